The zero-order valence-electron chi connectivity index (χ0n) is 22.3. The summed E-state index contributed by atoms with van der Waals surface area (Å²) >= 11 is 0. The average molecular weight is 525 g/mol. The summed E-state index contributed by atoms with van der Waals surface area (Å²) in [6.45, 7) is 5.34. The highest BCUT2D eigenvalue weighted by molar-refractivity contribution is 5.94. The number of Topliss-reactive ketones (excluding diaryl/α,β-unsaturated/α-hetero) is 1. The van der Waals surface area contributed by atoms with Crippen molar-refractivity contribution in [2.24, 2.45) is 5.92 Å². The van der Waals surface area contributed by atoms with Gasteiger partial charge in [0.15, 0.2) is 5.78 Å². The van der Waals surface area contributed by atoms with Crippen molar-refractivity contribution >= 4 is 17.3 Å². The minimum Gasteiger partial charge on any atom is -0.340 e. The largest absolute Gasteiger partial charge is 0.340 e. The first-order valence-corrected chi connectivity index (χ1v) is 13.9. The first kappa shape index (κ1) is 25.4. The van der Waals surface area contributed by atoms with E-state index in [-0.39, 0.29) is 17.5 Å². The minimum atomic E-state index is -0.275. The molecule has 1 saturated heterocycles. The highest BCUT2D eigenvalue weighted by Gasteiger charge is 2.30. The molecular weight excluding hydrogens is 491 g/mol. The van der Waals surface area contributed by atoms with E-state index in [9.17, 15) is 14.0 Å². The molecule has 1 amide bonds. The quantitative estimate of drug-likeness (QED) is 0.297. The maximum Gasteiger partial charge on any atom is 0.225 e. The zero-order chi connectivity index (χ0) is 26.9. The molecule has 0 unspecified atom stereocenters. The Morgan fingerprint density at radius 2 is 1.49 bits per heavy atom. The Hall–Kier alpha value is -3.84. The van der Waals surface area contributed by atoms with Gasteiger partial charge in [-0.05, 0) is 67.3 Å². The van der Waals surface area contributed by atoms with Crippen LogP contribution in [0.4, 0.5) is 4.39 Å². The third kappa shape index (κ3) is 5.23. The van der Waals surface area contributed by atoms with Gasteiger partial charge in [-0.3, -0.25) is 14.5 Å². The summed E-state index contributed by atoms with van der Waals surface area (Å²) in [5, 5.41) is 0. The Labute approximate surface area is 228 Å². The first-order chi connectivity index (χ1) is 19.0. The molecule has 200 valence electrons. The Morgan fingerprint density at radius 1 is 0.846 bits per heavy atom. The SMILES string of the molecule is CC(=O)c1ccc(-c2ccc3nc(-c4ccc(F)cc4)c(CN4CCN(C(=O)C5CCCC5)CC4)n3c2)cc1. The molecule has 1 aliphatic carbocycles. The molecule has 4 aromatic rings. The zero-order valence-corrected chi connectivity index (χ0v) is 22.3. The van der Waals surface area contributed by atoms with Gasteiger partial charge in [0, 0.05) is 56.0 Å². The van der Waals surface area contributed by atoms with E-state index in [0.29, 0.717) is 18.0 Å². The lowest BCUT2D eigenvalue weighted by molar-refractivity contribution is -0.137. The standard InChI is InChI=1S/C32H33FN4O2/c1-22(38)23-6-8-24(9-7-23)27-12-15-30-34-31(25-10-13-28(33)14-11-25)29(37(30)20-27)21-35-16-18-36(19-17-35)32(39)26-4-2-3-5-26/h6-15,20,26H,2-5,16-19,21H2,1H3. The van der Waals surface area contributed by atoms with E-state index >= 15 is 0 Å². The number of hydrogen-bond donors (Lipinski definition) is 0. The minimum absolute atomic E-state index is 0.0443. The van der Waals surface area contributed by atoms with Crippen molar-refractivity contribution in [3.8, 4) is 22.4 Å². The lowest BCUT2D eigenvalue weighted by atomic mass is 10.0. The van der Waals surface area contributed by atoms with Crippen molar-refractivity contribution in [2.75, 3.05) is 26.2 Å². The lowest BCUT2D eigenvalue weighted by Crippen LogP contribution is -2.49. The van der Waals surface area contributed by atoms with Crippen LogP contribution < -0.4 is 0 Å². The van der Waals surface area contributed by atoms with Gasteiger partial charge in [-0.2, -0.15) is 0 Å². The molecule has 6 nitrogen and oxygen atoms in total. The number of rotatable bonds is 6. The number of halogens is 1. The fraction of sp³-hybridized carbons (Fsp3) is 0.344. The van der Waals surface area contributed by atoms with Crippen LogP contribution in [0.3, 0.4) is 0 Å². The van der Waals surface area contributed by atoms with Crippen LogP contribution >= 0.6 is 0 Å². The van der Waals surface area contributed by atoms with Crippen molar-refractivity contribution in [1.82, 2.24) is 19.2 Å². The van der Waals surface area contributed by atoms with Crippen LogP contribution in [-0.2, 0) is 11.3 Å². The Bertz CT molecular complexity index is 1500. The number of amides is 1. The molecule has 0 spiro atoms. The molecule has 2 aliphatic rings. The Balaban J connectivity index is 1.30. The van der Waals surface area contributed by atoms with Gasteiger partial charge in [0.1, 0.15) is 11.5 Å². The summed E-state index contributed by atoms with van der Waals surface area (Å²) in [5.41, 5.74) is 6.30. The highest BCUT2D eigenvalue weighted by atomic mass is 19.1. The molecular formula is C32H33FN4O2. The van der Waals surface area contributed by atoms with Crippen LogP contribution in [0.5, 0.6) is 0 Å². The second-order valence-corrected chi connectivity index (χ2v) is 10.8. The number of benzene rings is 2. The first-order valence-electron chi connectivity index (χ1n) is 13.9. The molecule has 0 atom stereocenters. The number of nitrogens with zero attached hydrogens (tertiary/aromatic N) is 4. The monoisotopic (exact) mass is 524 g/mol. The van der Waals surface area contributed by atoms with E-state index in [1.54, 1.807) is 19.1 Å². The molecule has 0 radical (unpaired) electrons. The molecule has 0 bridgehead atoms. The fourth-order valence-electron chi connectivity index (χ4n) is 5.92. The number of pyridine rings is 1. The van der Waals surface area contributed by atoms with Crippen LogP contribution in [0.1, 0.15) is 48.7 Å². The van der Waals surface area contributed by atoms with Gasteiger partial charge in [-0.25, -0.2) is 9.37 Å². The molecule has 2 fully saturated rings. The number of carbonyl (C=O) groups is 2. The number of piperazine rings is 1. The summed E-state index contributed by atoms with van der Waals surface area (Å²) in [4.78, 5) is 34.0. The van der Waals surface area contributed by atoms with E-state index < -0.39 is 0 Å². The maximum absolute atomic E-state index is 13.7. The molecule has 6 rings (SSSR count). The number of carbonyl (C=O) groups excluding carboxylic acids is 2. The third-order valence-electron chi connectivity index (χ3n) is 8.22. The van der Waals surface area contributed by atoms with E-state index in [1.807, 2.05) is 41.3 Å². The summed E-state index contributed by atoms with van der Waals surface area (Å²) in [5.74, 6) is 0.309. The number of ketones is 1. The van der Waals surface area contributed by atoms with Crippen LogP contribution in [0, 0.1) is 11.7 Å². The topological polar surface area (TPSA) is 57.9 Å². The molecule has 2 aromatic carbocycles. The van der Waals surface area contributed by atoms with Crippen molar-refractivity contribution in [1.29, 1.82) is 0 Å². The van der Waals surface area contributed by atoms with Gasteiger partial charge >= 0.3 is 0 Å². The average Bonchev–Trinajstić information content (AvgIpc) is 3.62. The molecule has 39 heavy (non-hydrogen) atoms. The van der Waals surface area contributed by atoms with Crippen LogP contribution in [0.2, 0.25) is 0 Å². The van der Waals surface area contributed by atoms with E-state index in [1.165, 1.54) is 25.0 Å². The Morgan fingerprint density at radius 3 is 2.15 bits per heavy atom. The fourth-order valence-corrected chi connectivity index (χ4v) is 5.92. The van der Waals surface area contributed by atoms with Gasteiger partial charge < -0.3 is 9.30 Å². The Kier molecular flexibility index (Phi) is 7.00. The van der Waals surface area contributed by atoms with Gasteiger partial charge in [0.05, 0.1) is 11.4 Å². The molecule has 7 heteroatoms. The van der Waals surface area contributed by atoms with E-state index in [0.717, 1.165) is 72.7 Å². The van der Waals surface area contributed by atoms with Crippen LogP contribution in [0.25, 0.3) is 28.0 Å². The molecule has 2 aromatic heterocycles. The highest BCUT2D eigenvalue weighted by Crippen LogP contribution is 2.30. The van der Waals surface area contributed by atoms with Gasteiger partial charge in [0.25, 0.3) is 0 Å². The second-order valence-electron chi connectivity index (χ2n) is 10.8. The van der Waals surface area contributed by atoms with Crippen LogP contribution in [0.15, 0.2) is 66.9 Å². The van der Waals surface area contributed by atoms with E-state index in [2.05, 4.69) is 15.5 Å². The molecule has 1 saturated carbocycles. The normalized spacial score (nSPS) is 16.7. The second kappa shape index (κ2) is 10.7. The van der Waals surface area contributed by atoms with Gasteiger partial charge in [-0.15, -0.1) is 0 Å². The maximum atomic E-state index is 13.7. The molecule has 1 aliphatic heterocycles. The number of fused-ring (bicyclic) bond motifs is 1. The summed E-state index contributed by atoms with van der Waals surface area (Å²) in [6, 6.07) is 18.2. The van der Waals surface area contributed by atoms with Crippen molar-refractivity contribution in [2.45, 2.75) is 39.2 Å². The van der Waals surface area contributed by atoms with Crippen molar-refractivity contribution < 1.29 is 14.0 Å². The smallest absolute Gasteiger partial charge is 0.225 e. The van der Waals surface area contributed by atoms with Crippen LogP contribution in [-0.4, -0.2) is 57.1 Å². The summed E-state index contributed by atoms with van der Waals surface area (Å²) in [7, 11) is 0. The number of hydrogen-bond acceptors (Lipinski definition) is 4. The third-order valence-corrected chi connectivity index (χ3v) is 8.22. The summed E-state index contributed by atoms with van der Waals surface area (Å²) < 4.78 is 15.9. The lowest BCUT2D eigenvalue weighted by Gasteiger charge is -2.36. The van der Waals surface area contributed by atoms with Gasteiger partial charge in [-0.1, -0.05) is 37.1 Å². The predicted octanol–water partition coefficient (Wildman–Crippen LogP) is 5.84. The summed E-state index contributed by atoms with van der Waals surface area (Å²) in [6.07, 6.45) is 6.48. The molecule has 3 heterocycles. The van der Waals surface area contributed by atoms with Gasteiger partial charge in [0.2, 0.25) is 5.91 Å². The predicted molar refractivity (Wildman–Crippen MR) is 150 cm³/mol. The number of aromatic nitrogens is 2. The van der Waals surface area contributed by atoms with Crippen molar-refractivity contribution in [3.05, 3.63) is 83.9 Å². The van der Waals surface area contributed by atoms with Crippen molar-refractivity contribution in [3.63, 3.8) is 0 Å². The molecule has 0 N–H and O–H groups in total. The van der Waals surface area contributed by atoms with E-state index in [4.69, 9.17) is 4.98 Å². The number of imidazole rings is 1.